The van der Waals surface area contributed by atoms with Crippen LogP contribution in [0.3, 0.4) is 0 Å². The number of halogens is 1. The molecule has 1 aromatic rings. The molecule has 2 N–H and O–H groups in total. The van der Waals surface area contributed by atoms with Crippen molar-refractivity contribution in [3.8, 4) is 0 Å². The zero-order chi connectivity index (χ0) is 13.5. The van der Waals surface area contributed by atoms with E-state index < -0.39 is 11.5 Å². The second-order valence-electron chi connectivity index (χ2n) is 4.80. The highest BCUT2D eigenvalue weighted by Gasteiger charge is 2.18. The van der Waals surface area contributed by atoms with E-state index in [0.717, 1.165) is 5.56 Å². The van der Waals surface area contributed by atoms with E-state index in [9.17, 15) is 9.90 Å². The third-order valence-electron chi connectivity index (χ3n) is 2.58. The lowest BCUT2D eigenvalue weighted by atomic mass is 10.1. The van der Waals surface area contributed by atoms with Crippen molar-refractivity contribution < 1.29 is 9.90 Å². The van der Waals surface area contributed by atoms with E-state index in [4.69, 9.17) is 11.6 Å². The zero-order valence-electron chi connectivity index (χ0n) is 10.8. The van der Waals surface area contributed by atoms with Crippen molar-refractivity contribution in [3.63, 3.8) is 0 Å². The molecule has 0 aliphatic carbocycles. The van der Waals surface area contributed by atoms with Gasteiger partial charge >= 0.3 is 0 Å². The lowest BCUT2D eigenvalue weighted by molar-refractivity contribution is -0.121. The van der Waals surface area contributed by atoms with E-state index in [1.165, 1.54) is 0 Å². The molecule has 1 aromatic carbocycles. The van der Waals surface area contributed by atoms with E-state index >= 15 is 0 Å². The highest BCUT2D eigenvalue weighted by molar-refractivity contribution is 6.30. The summed E-state index contributed by atoms with van der Waals surface area (Å²) in [6.45, 7) is 4.30. The third kappa shape index (κ3) is 5.07. The summed E-state index contributed by atoms with van der Waals surface area (Å²) in [4.78, 5) is 11.8. The first-order valence-corrected chi connectivity index (χ1v) is 6.59. The van der Waals surface area contributed by atoms with E-state index in [1.54, 1.807) is 0 Å². The van der Waals surface area contributed by atoms with Crippen LogP contribution in [0.1, 0.15) is 31.2 Å². The largest absolute Gasteiger partial charge is 0.391 e. The Balaban J connectivity index is 2.41. The van der Waals surface area contributed by atoms with Crippen molar-refractivity contribution in [1.29, 1.82) is 0 Å². The van der Waals surface area contributed by atoms with Gasteiger partial charge in [0, 0.05) is 6.54 Å². The van der Waals surface area contributed by atoms with Gasteiger partial charge in [-0.15, -0.1) is 11.6 Å². The van der Waals surface area contributed by atoms with Crippen LogP contribution in [-0.2, 0) is 4.79 Å². The fourth-order valence-electron chi connectivity index (χ4n) is 1.71. The van der Waals surface area contributed by atoms with Gasteiger partial charge in [-0.25, -0.2) is 0 Å². The molecule has 0 spiro atoms. The Kier molecular flexibility index (Phi) is 6.16. The first-order valence-electron chi connectivity index (χ1n) is 6.15. The number of amides is 1. The highest BCUT2D eigenvalue weighted by atomic mass is 35.5. The minimum Gasteiger partial charge on any atom is -0.391 e. The first kappa shape index (κ1) is 15.0. The van der Waals surface area contributed by atoms with Crippen LogP contribution in [0.4, 0.5) is 0 Å². The molecular formula is C14H20ClNO2. The molecule has 18 heavy (non-hydrogen) atoms. The maximum atomic E-state index is 11.8. The van der Waals surface area contributed by atoms with Crippen LogP contribution in [0.15, 0.2) is 30.3 Å². The van der Waals surface area contributed by atoms with Crippen molar-refractivity contribution in [2.45, 2.75) is 31.7 Å². The SMILES string of the molecule is CC(C)CC(O)CNC(=O)C(Cl)c1ccccc1. The number of hydrogen-bond acceptors (Lipinski definition) is 2. The van der Waals surface area contributed by atoms with E-state index in [-0.39, 0.29) is 12.5 Å². The topological polar surface area (TPSA) is 49.3 Å². The van der Waals surface area contributed by atoms with E-state index in [1.807, 2.05) is 44.2 Å². The molecule has 0 fully saturated rings. The van der Waals surface area contributed by atoms with Crippen LogP contribution in [0, 0.1) is 5.92 Å². The molecule has 0 aromatic heterocycles. The van der Waals surface area contributed by atoms with Crippen LogP contribution in [0.5, 0.6) is 0 Å². The number of nitrogens with one attached hydrogen (secondary N) is 1. The Morgan fingerprint density at radius 3 is 2.50 bits per heavy atom. The van der Waals surface area contributed by atoms with Gasteiger partial charge in [-0.3, -0.25) is 4.79 Å². The Labute approximate surface area is 113 Å². The van der Waals surface area contributed by atoms with E-state index in [0.29, 0.717) is 12.3 Å². The predicted octanol–water partition coefficient (Wildman–Crippen LogP) is 2.49. The van der Waals surface area contributed by atoms with Crippen LogP contribution < -0.4 is 5.32 Å². The molecule has 0 saturated heterocycles. The summed E-state index contributed by atoms with van der Waals surface area (Å²) >= 11 is 6.05. The molecule has 0 radical (unpaired) electrons. The minimum absolute atomic E-state index is 0.243. The highest BCUT2D eigenvalue weighted by Crippen LogP contribution is 2.19. The number of alkyl halides is 1. The third-order valence-corrected chi connectivity index (χ3v) is 3.03. The second kappa shape index (κ2) is 7.39. The molecule has 2 atom stereocenters. The lowest BCUT2D eigenvalue weighted by Crippen LogP contribution is -2.34. The molecule has 0 saturated carbocycles. The predicted molar refractivity (Wildman–Crippen MR) is 73.5 cm³/mol. The maximum absolute atomic E-state index is 11.8. The van der Waals surface area contributed by atoms with Crippen LogP contribution in [-0.4, -0.2) is 23.7 Å². The Hall–Kier alpha value is -1.06. The summed E-state index contributed by atoms with van der Waals surface area (Å²) in [5.74, 6) is 0.128. The van der Waals surface area contributed by atoms with Gasteiger partial charge in [0.2, 0.25) is 5.91 Å². The average molecular weight is 270 g/mol. The first-order chi connectivity index (χ1) is 8.50. The van der Waals surface area contributed by atoms with Gasteiger partial charge in [-0.05, 0) is 17.9 Å². The molecule has 0 heterocycles. The summed E-state index contributed by atoms with van der Waals surface area (Å²) in [5, 5.41) is 11.6. The fraction of sp³-hybridized carbons (Fsp3) is 0.500. The quantitative estimate of drug-likeness (QED) is 0.780. The van der Waals surface area contributed by atoms with Crippen LogP contribution in [0.25, 0.3) is 0 Å². The summed E-state index contributed by atoms with van der Waals surface area (Å²) in [6, 6.07) is 9.16. The number of carbonyl (C=O) groups excluding carboxylic acids is 1. The number of hydrogen-bond donors (Lipinski definition) is 2. The molecule has 2 unspecified atom stereocenters. The number of rotatable bonds is 6. The number of aliphatic hydroxyl groups excluding tert-OH is 1. The van der Waals surface area contributed by atoms with Gasteiger partial charge in [0.1, 0.15) is 5.38 Å². The smallest absolute Gasteiger partial charge is 0.242 e. The zero-order valence-corrected chi connectivity index (χ0v) is 11.5. The maximum Gasteiger partial charge on any atom is 0.242 e. The number of benzene rings is 1. The summed E-state index contributed by atoms with van der Waals surface area (Å²) < 4.78 is 0. The molecule has 3 nitrogen and oxygen atoms in total. The van der Waals surface area contributed by atoms with Gasteiger partial charge in [-0.2, -0.15) is 0 Å². The monoisotopic (exact) mass is 269 g/mol. The normalized spacial score (nSPS) is 14.3. The minimum atomic E-state index is -0.711. The average Bonchev–Trinajstić information content (AvgIpc) is 2.35. The molecule has 0 aliphatic rings. The molecule has 100 valence electrons. The van der Waals surface area contributed by atoms with Gasteiger partial charge in [0.05, 0.1) is 6.10 Å². The Morgan fingerprint density at radius 1 is 1.33 bits per heavy atom. The Bertz CT molecular complexity index is 367. The lowest BCUT2D eigenvalue weighted by Gasteiger charge is -2.15. The van der Waals surface area contributed by atoms with Crippen molar-refractivity contribution in [3.05, 3.63) is 35.9 Å². The van der Waals surface area contributed by atoms with Gasteiger partial charge in [0.25, 0.3) is 0 Å². The Morgan fingerprint density at radius 2 is 1.94 bits per heavy atom. The van der Waals surface area contributed by atoms with E-state index in [2.05, 4.69) is 5.32 Å². The summed E-state index contributed by atoms with van der Waals surface area (Å²) in [6.07, 6.45) is 0.145. The molecule has 1 amide bonds. The van der Waals surface area contributed by atoms with Crippen molar-refractivity contribution in [1.82, 2.24) is 5.32 Å². The second-order valence-corrected chi connectivity index (χ2v) is 5.24. The molecular weight excluding hydrogens is 250 g/mol. The van der Waals surface area contributed by atoms with Crippen LogP contribution >= 0.6 is 11.6 Å². The molecule has 0 bridgehead atoms. The fourth-order valence-corrected chi connectivity index (χ4v) is 1.93. The number of carbonyl (C=O) groups is 1. The van der Waals surface area contributed by atoms with Crippen LogP contribution in [0.2, 0.25) is 0 Å². The standard InChI is InChI=1S/C14H20ClNO2/c1-10(2)8-12(17)9-16-14(18)13(15)11-6-4-3-5-7-11/h3-7,10,12-13,17H,8-9H2,1-2H3,(H,16,18). The summed E-state index contributed by atoms with van der Waals surface area (Å²) in [5.41, 5.74) is 0.759. The molecule has 1 rings (SSSR count). The summed E-state index contributed by atoms with van der Waals surface area (Å²) in [7, 11) is 0. The van der Waals surface area contributed by atoms with Crippen molar-refractivity contribution in [2.24, 2.45) is 5.92 Å². The van der Waals surface area contributed by atoms with Gasteiger partial charge < -0.3 is 10.4 Å². The van der Waals surface area contributed by atoms with Crippen molar-refractivity contribution in [2.75, 3.05) is 6.54 Å². The molecule has 0 aliphatic heterocycles. The molecule has 4 heteroatoms. The number of aliphatic hydroxyl groups is 1. The van der Waals surface area contributed by atoms with Crippen molar-refractivity contribution >= 4 is 17.5 Å². The van der Waals surface area contributed by atoms with Gasteiger partial charge in [0.15, 0.2) is 0 Å². The van der Waals surface area contributed by atoms with Gasteiger partial charge in [-0.1, -0.05) is 44.2 Å².